The van der Waals surface area contributed by atoms with Crippen molar-refractivity contribution in [1.82, 2.24) is 10.6 Å². The van der Waals surface area contributed by atoms with E-state index in [9.17, 15) is 0 Å². The van der Waals surface area contributed by atoms with Crippen LogP contribution in [-0.4, -0.2) is 51.6 Å². The van der Waals surface area contributed by atoms with Gasteiger partial charge in [-0.1, -0.05) is 18.2 Å². The van der Waals surface area contributed by atoms with Crippen LogP contribution in [0.2, 0.25) is 0 Å². The summed E-state index contributed by atoms with van der Waals surface area (Å²) in [6, 6.07) is 8.42. The average Bonchev–Trinajstić information content (AvgIpc) is 2.69. The minimum Gasteiger partial charge on any atom is -0.487 e. The molecule has 0 saturated carbocycles. The number of nitrogens with one attached hydrogen (secondary N) is 2. The summed E-state index contributed by atoms with van der Waals surface area (Å²) in [5.41, 5.74) is 0.979. The van der Waals surface area contributed by atoms with Crippen LogP contribution in [0.3, 0.4) is 0 Å². The molecule has 2 aliphatic heterocycles. The van der Waals surface area contributed by atoms with Crippen molar-refractivity contribution in [3.05, 3.63) is 29.8 Å². The van der Waals surface area contributed by atoms with Gasteiger partial charge in [-0.15, -0.1) is 24.0 Å². The quantitative estimate of drug-likeness (QED) is 0.249. The zero-order chi connectivity index (χ0) is 19.8. The Kier molecular flexibility index (Phi) is 9.98. The van der Waals surface area contributed by atoms with Crippen LogP contribution >= 0.6 is 24.0 Å². The standard InChI is InChI=1S/C22H35N3O3.HI/c1-22(2)15-19(18-7-4-5-8-20(18)28-22)25-21(23-3)24-11-6-12-27-16-17-9-13-26-14-10-17;/h4-5,7-8,17,19H,6,9-16H2,1-3H3,(H2,23,24,25);1H. The lowest BCUT2D eigenvalue weighted by atomic mass is 9.90. The van der Waals surface area contributed by atoms with Crippen molar-refractivity contribution in [1.29, 1.82) is 0 Å². The molecule has 0 bridgehead atoms. The number of ether oxygens (including phenoxy) is 3. The van der Waals surface area contributed by atoms with Gasteiger partial charge in [-0.2, -0.15) is 0 Å². The highest BCUT2D eigenvalue weighted by atomic mass is 127. The molecule has 0 aliphatic carbocycles. The van der Waals surface area contributed by atoms with Gasteiger partial charge in [0.25, 0.3) is 0 Å². The van der Waals surface area contributed by atoms with Gasteiger partial charge < -0.3 is 24.8 Å². The maximum absolute atomic E-state index is 6.12. The van der Waals surface area contributed by atoms with E-state index < -0.39 is 0 Å². The van der Waals surface area contributed by atoms with Gasteiger partial charge in [0.1, 0.15) is 11.4 Å². The van der Waals surface area contributed by atoms with E-state index >= 15 is 0 Å². The Balaban J connectivity index is 0.00000300. The molecule has 2 heterocycles. The number of benzene rings is 1. The number of guanidine groups is 1. The number of para-hydroxylation sites is 1. The van der Waals surface area contributed by atoms with Crippen LogP contribution in [0.1, 0.15) is 51.1 Å². The van der Waals surface area contributed by atoms with Crippen LogP contribution in [0.5, 0.6) is 5.75 Å². The summed E-state index contributed by atoms with van der Waals surface area (Å²) in [6.07, 6.45) is 4.09. The molecule has 2 aliphatic rings. The fraction of sp³-hybridized carbons (Fsp3) is 0.682. The number of fused-ring (bicyclic) bond motifs is 1. The number of hydrogen-bond donors (Lipinski definition) is 2. The lowest BCUT2D eigenvalue weighted by Crippen LogP contribution is -2.45. The van der Waals surface area contributed by atoms with Gasteiger partial charge in [-0.25, -0.2) is 0 Å². The van der Waals surface area contributed by atoms with E-state index in [4.69, 9.17) is 14.2 Å². The molecule has 0 radical (unpaired) electrons. The number of rotatable bonds is 7. The summed E-state index contributed by atoms with van der Waals surface area (Å²) >= 11 is 0. The van der Waals surface area contributed by atoms with Gasteiger partial charge in [0, 0.05) is 52.0 Å². The Bertz CT molecular complexity index is 648. The van der Waals surface area contributed by atoms with Gasteiger partial charge in [0.2, 0.25) is 0 Å². The second kappa shape index (κ2) is 12.0. The normalized spacial score (nSPS) is 21.5. The van der Waals surface area contributed by atoms with Crippen LogP contribution in [0.15, 0.2) is 29.3 Å². The zero-order valence-corrected chi connectivity index (χ0v) is 20.2. The third-order valence-electron chi connectivity index (χ3n) is 5.36. The molecule has 1 aromatic carbocycles. The minimum atomic E-state index is -0.205. The Morgan fingerprint density at radius 2 is 2.00 bits per heavy atom. The van der Waals surface area contributed by atoms with Gasteiger partial charge in [-0.3, -0.25) is 4.99 Å². The zero-order valence-electron chi connectivity index (χ0n) is 17.9. The van der Waals surface area contributed by atoms with Crippen LogP contribution in [0.4, 0.5) is 0 Å². The predicted molar refractivity (Wildman–Crippen MR) is 127 cm³/mol. The van der Waals surface area contributed by atoms with Crippen molar-refractivity contribution in [2.24, 2.45) is 10.9 Å². The van der Waals surface area contributed by atoms with Crippen molar-refractivity contribution in [3.8, 4) is 5.75 Å². The van der Waals surface area contributed by atoms with Crippen LogP contribution in [0, 0.1) is 5.92 Å². The highest BCUT2D eigenvalue weighted by molar-refractivity contribution is 14.0. The summed E-state index contributed by atoms with van der Waals surface area (Å²) in [4.78, 5) is 4.39. The molecule has 164 valence electrons. The van der Waals surface area contributed by atoms with E-state index in [-0.39, 0.29) is 35.6 Å². The summed E-state index contributed by atoms with van der Waals surface area (Å²) in [7, 11) is 1.81. The highest BCUT2D eigenvalue weighted by Gasteiger charge is 2.33. The molecule has 1 aromatic rings. The number of nitrogens with zero attached hydrogens (tertiary/aromatic N) is 1. The SMILES string of the molecule is CN=C(NCCCOCC1CCOCC1)NC1CC(C)(C)Oc2ccccc21.I. The Morgan fingerprint density at radius 3 is 2.76 bits per heavy atom. The van der Waals surface area contributed by atoms with Crippen molar-refractivity contribution >= 4 is 29.9 Å². The van der Waals surface area contributed by atoms with E-state index in [2.05, 4.69) is 41.6 Å². The van der Waals surface area contributed by atoms with Crippen molar-refractivity contribution in [2.75, 3.05) is 40.0 Å². The number of aliphatic imine (C=N–C) groups is 1. The third kappa shape index (κ3) is 7.61. The van der Waals surface area contributed by atoms with Gasteiger partial charge in [0.15, 0.2) is 5.96 Å². The fourth-order valence-electron chi connectivity index (χ4n) is 3.83. The topological polar surface area (TPSA) is 64.1 Å². The second-order valence-electron chi connectivity index (χ2n) is 8.28. The molecule has 0 amide bonds. The summed E-state index contributed by atoms with van der Waals surface area (Å²) in [6.45, 7) is 8.47. The first-order chi connectivity index (χ1) is 13.6. The van der Waals surface area contributed by atoms with Gasteiger partial charge in [-0.05, 0) is 45.1 Å². The molecule has 0 spiro atoms. The molecule has 1 saturated heterocycles. The molecule has 3 rings (SSSR count). The van der Waals surface area contributed by atoms with Crippen molar-refractivity contribution in [3.63, 3.8) is 0 Å². The average molecular weight is 517 g/mol. The molecule has 7 heteroatoms. The Labute approximate surface area is 192 Å². The van der Waals surface area contributed by atoms with Gasteiger partial charge >= 0.3 is 0 Å². The third-order valence-corrected chi connectivity index (χ3v) is 5.36. The molecule has 1 unspecified atom stereocenters. The highest BCUT2D eigenvalue weighted by Crippen LogP contribution is 2.39. The fourth-order valence-corrected chi connectivity index (χ4v) is 3.83. The molecule has 2 N–H and O–H groups in total. The molecule has 1 fully saturated rings. The number of halogens is 1. The van der Waals surface area contributed by atoms with E-state index in [0.29, 0.717) is 5.92 Å². The minimum absolute atomic E-state index is 0. The van der Waals surface area contributed by atoms with E-state index in [1.807, 2.05) is 19.2 Å². The van der Waals surface area contributed by atoms with Crippen molar-refractivity contribution < 1.29 is 14.2 Å². The maximum Gasteiger partial charge on any atom is 0.191 e. The largest absolute Gasteiger partial charge is 0.487 e. The lowest BCUT2D eigenvalue weighted by molar-refractivity contribution is 0.0203. The summed E-state index contributed by atoms with van der Waals surface area (Å²) in [5.74, 6) is 2.43. The first-order valence-corrected chi connectivity index (χ1v) is 10.5. The second-order valence-corrected chi connectivity index (χ2v) is 8.28. The molecule has 0 aromatic heterocycles. The molecule has 29 heavy (non-hydrogen) atoms. The number of hydrogen-bond acceptors (Lipinski definition) is 4. The molecular formula is C22H36IN3O3. The lowest BCUT2D eigenvalue weighted by Gasteiger charge is -2.38. The molecule has 6 nitrogen and oxygen atoms in total. The maximum atomic E-state index is 6.12. The predicted octanol–water partition coefficient (Wildman–Crippen LogP) is 3.91. The van der Waals surface area contributed by atoms with Crippen LogP contribution in [0.25, 0.3) is 0 Å². The monoisotopic (exact) mass is 517 g/mol. The van der Waals surface area contributed by atoms with Crippen LogP contribution < -0.4 is 15.4 Å². The van der Waals surface area contributed by atoms with E-state index in [1.54, 1.807) is 0 Å². The molecule has 1 atom stereocenters. The first kappa shape index (κ1) is 24.2. The summed E-state index contributed by atoms with van der Waals surface area (Å²) < 4.78 is 17.3. The van der Waals surface area contributed by atoms with Crippen molar-refractivity contribution in [2.45, 2.75) is 51.2 Å². The smallest absolute Gasteiger partial charge is 0.191 e. The first-order valence-electron chi connectivity index (χ1n) is 10.5. The van der Waals surface area contributed by atoms with E-state index in [0.717, 1.165) is 70.4 Å². The Morgan fingerprint density at radius 1 is 1.24 bits per heavy atom. The molecular weight excluding hydrogens is 481 g/mol. The van der Waals surface area contributed by atoms with E-state index in [1.165, 1.54) is 5.56 Å². The van der Waals surface area contributed by atoms with Gasteiger partial charge in [0.05, 0.1) is 6.04 Å². The Hall–Kier alpha value is -1.06. The van der Waals surface area contributed by atoms with Crippen LogP contribution in [-0.2, 0) is 9.47 Å². The summed E-state index contributed by atoms with van der Waals surface area (Å²) in [5, 5.41) is 6.98.